The number of nitrogens with zero attached hydrogens (tertiary/aromatic N) is 3. The predicted octanol–water partition coefficient (Wildman–Crippen LogP) is 3.67. The number of amides is 2. The SMILES string of the molecule is O=C(O)CCC(=O)Nc1cccc(-c2noc(C3CCCCN3C(=O)COc3ccccc3)n2)c1. The molecule has 2 heterocycles. The largest absolute Gasteiger partial charge is 0.484 e. The van der Waals surface area contributed by atoms with Gasteiger partial charge in [0, 0.05) is 24.2 Å². The molecule has 1 saturated heterocycles. The van der Waals surface area contributed by atoms with Crippen molar-refractivity contribution in [2.45, 2.75) is 38.1 Å². The summed E-state index contributed by atoms with van der Waals surface area (Å²) in [7, 11) is 0. The minimum atomic E-state index is -1.03. The number of anilines is 1. The number of hydrogen-bond donors (Lipinski definition) is 2. The van der Waals surface area contributed by atoms with Crippen LogP contribution >= 0.6 is 0 Å². The zero-order valence-electron chi connectivity index (χ0n) is 19.1. The standard InChI is InChI=1S/C25H26N4O6/c30-21(12-13-23(32)33)26-18-8-6-7-17(15-18)24-27-25(35-28-24)20-11-4-5-14-29(20)22(31)16-34-19-9-2-1-3-10-19/h1-3,6-10,15,20H,4-5,11-14,16H2,(H,26,30)(H,32,33). The van der Waals surface area contributed by atoms with Crippen LogP contribution < -0.4 is 10.1 Å². The van der Waals surface area contributed by atoms with Gasteiger partial charge in [0.1, 0.15) is 11.8 Å². The van der Waals surface area contributed by atoms with Gasteiger partial charge in [-0.15, -0.1) is 0 Å². The summed E-state index contributed by atoms with van der Waals surface area (Å²) >= 11 is 0. The number of hydrogen-bond acceptors (Lipinski definition) is 7. The second kappa shape index (κ2) is 11.3. The van der Waals surface area contributed by atoms with E-state index in [0.717, 1.165) is 12.8 Å². The summed E-state index contributed by atoms with van der Waals surface area (Å²) in [6, 6.07) is 15.7. The summed E-state index contributed by atoms with van der Waals surface area (Å²) in [6.45, 7) is 0.502. The molecule has 1 atom stereocenters. The van der Waals surface area contributed by atoms with Crippen LogP contribution in [0.5, 0.6) is 5.75 Å². The lowest BCUT2D eigenvalue weighted by Crippen LogP contribution is -2.41. The molecule has 0 radical (unpaired) electrons. The molecule has 182 valence electrons. The molecule has 1 aliphatic heterocycles. The molecular formula is C25H26N4O6. The van der Waals surface area contributed by atoms with Crippen molar-refractivity contribution in [1.29, 1.82) is 0 Å². The first-order chi connectivity index (χ1) is 17.0. The van der Waals surface area contributed by atoms with Crippen LogP contribution in [-0.4, -0.2) is 51.1 Å². The van der Waals surface area contributed by atoms with Gasteiger partial charge in [-0.2, -0.15) is 4.98 Å². The Balaban J connectivity index is 1.43. The Morgan fingerprint density at radius 1 is 1.09 bits per heavy atom. The van der Waals surface area contributed by atoms with Gasteiger partial charge in [-0.1, -0.05) is 35.5 Å². The highest BCUT2D eigenvalue weighted by Crippen LogP contribution is 2.31. The summed E-state index contributed by atoms with van der Waals surface area (Å²) in [4.78, 5) is 41.8. The number of carbonyl (C=O) groups excluding carboxylic acids is 2. The van der Waals surface area contributed by atoms with E-state index in [-0.39, 0.29) is 31.4 Å². The number of piperidine rings is 1. The zero-order valence-corrected chi connectivity index (χ0v) is 19.1. The first-order valence-corrected chi connectivity index (χ1v) is 11.4. The Hall–Kier alpha value is -4.21. The fourth-order valence-corrected chi connectivity index (χ4v) is 3.90. The summed E-state index contributed by atoms with van der Waals surface area (Å²) in [5.41, 5.74) is 1.12. The van der Waals surface area contributed by atoms with E-state index < -0.39 is 11.9 Å². The van der Waals surface area contributed by atoms with Crippen LogP contribution in [0.15, 0.2) is 59.1 Å². The van der Waals surface area contributed by atoms with Gasteiger partial charge in [0.2, 0.25) is 17.6 Å². The molecule has 0 bridgehead atoms. The summed E-state index contributed by atoms with van der Waals surface area (Å²) in [5.74, 6) is -0.264. The third kappa shape index (κ3) is 6.44. The molecule has 0 aliphatic carbocycles. The molecule has 2 N–H and O–H groups in total. The molecule has 0 saturated carbocycles. The molecule has 3 aromatic rings. The van der Waals surface area contributed by atoms with Crippen molar-refractivity contribution < 1.29 is 28.8 Å². The highest BCUT2D eigenvalue weighted by molar-refractivity contribution is 5.92. The Labute approximate surface area is 201 Å². The summed E-state index contributed by atoms with van der Waals surface area (Å²) in [6.07, 6.45) is 2.16. The summed E-state index contributed by atoms with van der Waals surface area (Å²) < 4.78 is 11.2. The van der Waals surface area contributed by atoms with E-state index in [1.807, 2.05) is 18.2 Å². The maximum absolute atomic E-state index is 12.9. The monoisotopic (exact) mass is 478 g/mol. The lowest BCUT2D eigenvalue weighted by atomic mass is 10.0. The van der Waals surface area contributed by atoms with E-state index >= 15 is 0 Å². The zero-order chi connectivity index (χ0) is 24.6. The van der Waals surface area contributed by atoms with E-state index in [4.69, 9.17) is 14.4 Å². The lowest BCUT2D eigenvalue weighted by molar-refractivity contribution is -0.138. The number of rotatable bonds is 9. The molecule has 1 fully saturated rings. The van der Waals surface area contributed by atoms with Crippen molar-refractivity contribution in [2.75, 3.05) is 18.5 Å². The van der Waals surface area contributed by atoms with Crippen molar-refractivity contribution in [2.24, 2.45) is 0 Å². The van der Waals surface area contributed by atoms with Gasteiger partial charge < -0.3 is 24.6 Å². The van der Waals surface area contributed by atoms with Gasteiger partial charge in [0.15, 0.2) is 6.61 Å². The second-order valence-corrected chi connectivity index (χ2v) is 8.18. The average molecular weight is 479 g/mol. The van der Waals surface area contributed by atoms with E-state index in [1.165, 1.54) is 0 Å². The number of aliphatic carboxylic acids is 1. The number of carboxylic acids is 1. The predicted molar refractivity (Wildman–Crippen MR) is 125 cm³/mol. The van der Waals surface area contributed by atoms with E-state index in [0.29, 0.717) is 41.7 Å². The molecule has 4 rings (SSSR count). The van der Waals surface area contributed by atoms with Gasteiger partial charge in [0.05, 0.1) is 6.42 Å². The van der Waals surface area contributed by atoms with Crippen LogP contribution in [0, 0.1) is 0 Å². The molecule has 10 heteroatoms. The first-order valence-electron chi connectivity index (χ1n) is 11.4. The van der Waals surface area contributed by atoms with Crippen LogP contribution in [0.2, 0.25) is 0 Å². The van der Waals surface area contributed by atoms with Gasteiger partial charge in [-0.05, 0) is 43.5 Å². The molecular weight excluding hydrogens is 452 g/mol. The molecule has 1 aromatic heterocycles. The fraction of sp³-hybridized carbons (Fsp3) is 0.320. The van der Waals surface area contributed by atoms with Gasteiger partial charge in [-0.25, -0.2) is 0 Å². The van der Waals surface area contributed by atoms with Gasteiger partial charge in [-0.3, -0.25) is 14.4 Å². The Morgan fingerprint density at radius 3 is 2.71 bits per heavy atom. The number of para-hydroxylation sites is 1. The molecule has 10 nitrogen and oxygen atoms in total. The van der Waals surface area contributed by atoms with Crippen LogP contribution in [-0.2, 0) is 14.4 Å². The maximum Gasteiger partial charge on any atom is 0.303 e. The molecule has 35 heavy (non-hydrogen) atoms. The van der Waals surface area contributed by atoms with Crippen molar-refractivity contribution in [3.63, 3.8) is 0 Å². The molecule has 2 amide bonds. The fourth-order valence-electron chi connectivity index (χ4n) is 3.90. The Bertz CT molecular complexity index is 1180. The number of carboxylic acid groups (broad SMARTS) is 1. The first kappa shape index (κ1) is 23.9. The minimum Gasteiger partial charge on any atom is -0.484 e. The summed E-state index contributed by atoms with van der Waals surface area (Å²) in [5, 5.41) is 15.5. The van der Waals surface area contributed by atoms with E-state index in [9.17, 15) is 14.4 Å². The average Bonchev–Trinajstić information content (AvgIpc) is 3.37. The molecule has 1 aliphatic rings. The third-order valence-electron chi connectivity index (χ3n) is 5.63. The van der Waals surface area contributed by atoms with Gasteiger partial charge in [0.25, 0.3) is 5.91 Å². The second-order valence-electron chi connectivity index (χ2n) is 8.18. The molecule has 0 spiro atoms. The Morgan fingerprint density at radius 2 is 1.91 bits per heavy atom. The van der Waals surface area contributed by atoms with Gasteiger partial charge >= 0.3 is 5.97 Å². The number of carbonyl (C=O) groups is 3. The highest BCUT2D eigenvalue weighted by Gasteiger charge is 2.32. The van der Waals surface area contributed by atoms with Crippen LogP contribution in [0.25, 0.3) is 11.4 Å². The minimum absolute atomic E-state index is 0.0782. The topological polar surface area (TPSA) is 135 Å². The highest BCUT2D eigenvalue weighted by atomic mass is 16.5. The van der Waals surface area contributed by atoms with Crippen LogP contribution in [0.1, 0.15) is 44.0 Å². The number of aromatic nitrogens is 2. The van der Waals surface area contributed by atoms with Crippen molar-refractivity contribution in [3.8, 4) is 17.1 Å². The quantitative estimate of drug-likeness (QED) is 0.476. The number of nitrogens with one attached hydrogen (secondary N) is 1. The van der Waals surface area contributed by atoms with Crippen molar-refractivity contribution >= 4 is 23.5 Å². The normalized spacial score (nSPS) is 15.4. The molecule has 1 unspecified atom stereocenters. The van der Waals surface area contributed by atoms with Crippen LogP contribution in [0.4, 0.5) is 5.69 Å². The number of benzene rings is 2. The van der Waals surface area contributed by atoms with Crippen LogP contribution in [0.3, 0.4) is 0 Å². The van der Waals surface area contributed by atoms with Crippen molar-refractivity contribution in [1.82, 2.24) is 15.0 Å². The maximum atomic E-state index is 12.9. The smallest absolute Gasteiger partial charge is 0.303 e. The van der Waals surface area contributed by atoms with E-state index in [1.54, 1.807) is 41.3 Å². The lowest BCUT2D eigenvalue weighted by Gasteiger charge is -2.33. The third-order valence-corrected chi connectivity index (χ3v) is 5.63. The number of ether oxygens (including phenoxy) is 1. The number of likely N-dealkylation sites (tertiary alicyclic amines) is 1. The van der Waals surface area contributed by atoms with Crippen molar-refractivity contribution in [3.05, 3.63) is 60.5 Å². The molecule has 2 aromatic carbocycles. The van der Waals surface area contributed by atoms with E-state index in [2.05, 4.69) is 15.5 Å². The Kier molecular flexibility index (Phi) is 7.71.